The van der Waals surface area contributed by atoms with Crippen LogP contribution in [0.5, 0.6) is 0 Å². The van der Waals surface area contributed by atoms with E-state index in [9.17, 15) is 0 Å². The predicted octanol–water partition coefficient (Wildman–Crippen LogP) is 2.36. The molecule has 0 bridgehead atoms. The summed E-state index contributed by atoms with van der Waals surface area (Å²) < 4.78 is 2.59. The topological polar surface area (TPSA) is 62.6 Å². The van der Waals surface area contributed by atoms with Crippen molar-refractivity contribution in [3.63, 3.8) is 0 Å². The first-order valence-corrected chi connectivity index (χ1v) is 7.66. The summed E-state index contributed by atoms with van der Waals surface area (Å²) in [5.41, 5.74) is 1.86. The maximum absolute atomic E-state index is 5.33. The molecule has 1 N–H and O–H groups in total. The Kier molecular flexibility index (Phi) is 5.19. The Morgan fingerprint density at radius 2 is 1.81 bits per heavy atom. The second-order valence-corrected chi connectivity index (χ2v) is 5.39. The van der Waals surface area contributed by atoms with Crippen molar-refractivity contribution in [1.29, 1.82) is 0 Å². The summed E-state index contributed by atoms with van der Waals surface area (Å²) in [6.07, 6.45) is 0. The van der Waals surface area contributed by atoms with Crippen LogP contribution in [0.1, 0.15) is 25.2 Å². The molecular formula is C14H22N6S. The summed E-state index contributed by atoms with van der Waals surface area (Å²) in [7, 11) is 0. The fourth-order valence-electron chi connectivity index (χ4n) is 2.30. The number of aromatic nitrogens is 5. The van der Waals surface area contributed by atoms with Gasteiger partial charge in [-0.15, -0.1) is 0 Å². The van der Waals surface area contributed by atoms with Gasteiger partial charge in [-0.25, -0.2) is 9.97 Å². The van der Waals surface area contributed by atoms with E-state index in [0.717, 1.165) is 37.6 Å². The lowest BCUT2D eigenvalue weighted by Crippen LogP contribution is -2.27. The number of aryl methyl sites for hydroxylation is 2. The summed E-state index contributed by atoms with van der Waals surface area (Å²) in [6.45, 7) is 12.0. The highest BCUT2D eigenvalue weighted by atomic mass is 32.1. The zero-order chi connectivity index (χ0) is 15.4. The molecule has 0 atom stereocenters. The molecule has 0 fully saturated rings. The van der Waals surface area contributed by atoms with Crippen molar-refractivity contribution in [3.05, 3.63) is 22.2 Å². The molecule has 6 nitrogen and oxygen atoms in total. The van der Waals surface area contributed by atoms with E-state index < -0.39 is 0 Å². The molecular weight excluding hydrogens is 284 g/mol. The van der Waals surface area contributed by atoms with Crippen LogP contribution in [0.2, 0.25) is 0 Å². The van der Waals surface area contributed by atoms with Gasteiger partial charge in [-0.2, -0.15) is 5.10 Å². The Bertz CT molecular complexity index is 635. The third kappa shape index (κ3) is 3.74. The van der Waals surface area contributed by atoms with Crippen molar-refractivity contribution >= 4 is 12.2 Å². The lowest BCUT2D eigenvalue weighted by molar-refractivity contribution is 0.290. The van der Waals surface area contributed by atoms with E-state index in [4.69, 9.17) is 12.2 Å². The van der Waals surface area contributed by atoms with Crippen LogP contribution in [-0.4, -0.2) is 49.3 Å². The zero-order valence-electron chi connectivity index (χ0n) is 13.1. The minimum Gasteiger partial charge on any atom is -0.302 e. The van der Waals surface area contributed by atoms with Crippen LogP contribution >= 0.6 is 12.2 Å². The minimum absolute atomic E-state index is 0.611. The van der Waals surface area contributed by atoms with Crippen LogP contribution in [0.3, 0.4) is 0 Å². The van der Waals surface area contributed by atoms with Gasteiger partial charge in [0.15, 0.2) is 16.4 Å². The van der Waals surface area contributed by atoms with Gasteiger partial charge in [-0.3, -0.25) is 9.67 Å². The summed E-state index contributed by atoms with van der Waals surface area (Å²) in [5.74, 6) is 1.33. The fraction of sp³-hybridized carbons (Fsp3) is 0.571. The highest BCUT2D eigenvalue weighted by molar-refractivity contribution is 7.71. The first-order chi connectivity index (χ1) is 10.0. The van der Waals surface area contributed by atoms with Crippen LogP contribution in [0, 0.1) is 18.6 Å². The standard InChI is InChI=1S/C14H22N6S/c1-5-19(6-2)7-8-20-13(17-18-14(20)21)12-15-10(3)9-11(4)16-12/h9H,5-8H2,1-4H3,(H,18,21). The molecule has 0 aromatic carbocycles. The number of hydrogen-bond donors (Lipinski definition) is 1. The quantitative estimate of drug-likeness (QED) is 0.830. The van der Waals surface area contributed by atoms with Gasteiger partial charge in [-0.05, 0) is 45.2 Å². The van der Waals surface area contributed by atoms with E-state index in [1.54, 1.807) is 0 Å². The first kappa shape index (κ1) is 15.8. The van der Waals surface area contributed by atoms with Gasteiger partial charge < -0.3 is 4.90 Å². The van der Waals surface area contributed by atoms with Crippen LogP contribution in [0.25, 0.3) is 11.6 Å². The van der Waals surface area contributed by atoms with E-state index in [-0.39, 0.29) is 0 Å². The second-order valence-electron chi connectivity index (χ2n) is 5.01. The van der Waals surface area contributed by atoms with E-state index >= 15 is 0 Å². The SMILES string of the molecule is CCN(CC)CCn1c(-c2nc(C)cc(C)n2)n[nH]c1=S. The maximum atomic E-state index is 5.33. The molecule has 0 spiro atoms. The van der Waals surface area contributed by atoms with E-state index in [1.807, 2.05) is 24.5 Å². The van der Waals surface area contributed by atoms with E-state index in [0.29, 0.717) is 16.4 Å². The van der Waals surface area contributed by atoms with Gasteiger partial charge in [-0.1, -0.05) is 13.8 Å². The van der Waals surface area contributed by atoms with Gasteiger partial charge in [0.05, 0.1) is 0 Å². The molecule has 2 rings (SSSR count). The van der Waals surface area contributed by atoms with Crippen molar-refractivity contribution in [2.24, 2.45) is 0 Å². The molecule has 2 heterocycles. The van der Waals surface area contributed by atoms with Gasteiger partial charge in [0.25, 0.3) is 0 Å². The number of nitrogens with one attached hydrogen (secondary N) is 1. The molecule has 0 aliphatic carbocycles. The number of hydrogen-bond acceptors (Lipinski definition) is 5. The van der Waals surface area contributed by atoms with Crippen LogP contribution in [0.4, 0.5) is 0 Å². The van der Waals surface area contributed by atoms with Gasteiger partial charge >= 0.3 is 0 Å². The molecule has 0 saturated heterocycles. The maximum Gasteiger partial charge on any atom is 0.200 e. The largest absolute Gasteiger partial charge is 0.302 e. The molecule has 7 heteroatoms. The average molecular weight is 306 g/mol. The molecule has 114 valence electrons. The molecule has 0 aliphatic rings. The minimum atomic E-state index is 0.611. The van der Waals surface area contributed by atoms with E-state index in [1.165, 1.54) is 0 Å². The third-order valence-electron chi connectivity index (χ3n) is 3.47. The van der Waals surface area contributed by atoms with Gasteiger partial charge in [0, 0.05) is 24.5 Å². The van der Waals surface area contributed by atoms with E-state index in [2.05, 4.69) is 38.9 Å². The normalized spacial score (nSPS) is 11.3. The van der Waals surface area contributed by atoms with Crippen molar-refractivity contribution in [1.82, 2.24) is 29.6 Å². The van der Waals surface area contributed by atoms with Gasteiger partial charge in [0.1, 0.15) is 0 Å². The third-order valence-corrected chi connectivity index (χ3v) is 3.79. The smallest absolute Gasteiger partial charge is 0.200 e. The lowest BCUT2D eigenvalue weighted by Gasteiger charge is -2.18. The molecule has 0 radical (unpaired) electrons. The molecule has 0 amide bonds. The molecule has 0 unspecified atom stereocenters. The average Bonchev–Trinajstić information content (AvgIpc) is 2.80. The van der Waals surface area contributed by atoms with Crippen molar-refractivity contribution in [2.45, 2.75) is 34.2 Å². The number of H-pyrrole nitrogens is 1. The Balaban J connectivity index is 2.31. The molecule has 2 aromatic rings. The predicted molar refractivity (Wildman–Crippen MR) is 85.7 cm³/mol. The van der Waals surface area contributed by atoms with Crippen molar-refractivity contribution in [3.8, 4) is 11.6 Å². The van der Waals surface area contributed by atoms with Crippen LogP contribution < -0.4 is 0 Å². The summed E-state index contributed by atoms with van der Waals surface area (Å²) in [5, 5.41) is 7.15. The molecule has 0 saturated carbocycles. The van der Waals surface area contributed by atoms with Crippen LogP contribution in [-0.2, 0) is 6.54 Å². The molecule has 0 aliphatic heterocycles. The Hall–Kier alpha value is -1.60. The second kappa shape index (κ2) is 6.91. The van der Waals surface area contributed by atoms with Gasteiger partial charge in [0.2, 0.25) is 0 Å². The molecule has 21 heavy (non-hydrogen) atoms. The van der Waals surface area contributed by atoms with Crippen molar-refractivity contribution < 1.29 is 0 Å². The van der Waals surface area contributed by atoms with Crippen LogP contribution in [0.15, 0.2) is 6.07 Å². The lowest BCUT2D eigenvalue weighted by atomic mass is 10.3. The first-order valence-electron chi connectivity index (χ1n) is 7.25. The Labute approximate surface area is 130 Å². The molecule has 2 aromatic heterocycles. The number of likely N-dealkylation sites (N-methyl/N-ethyl adjacent to an activating group) is 1. The Morgan fingerprint density at radius 1 is 1.19 bits per heavy atom. The van der Waals surface area contributed by atoms with Crippen molar-refractivity contribution in [2.75, 3.05) is 19.6 Å². The summed E-state index contributed by atoms with van der Waals surface area (Å²) in [6, 6.07) is 1.95. The highest BCUT2D eigenvalue weighted by Gasteiger charge is 2.13. The summed E-state index contributed by atoms with van der Waals surface area (Å²) in [4.78, 5) is 11.3. The summed E-state index contributed by atoms with van der Waals surface area (Å²) >= 11 is 5.33. The number of aromatic amines is 1. The fourth-order valence-corrected chi connectivity index (χ4v) is 2.53. The Morgan fingerprint density at radius 3 is 2.38 bits per heavy atom. The zero-order valence-corrected chi connectivity index (χ0v) is 13.9. The number of nitrogens with zero attached hydrogens (tertiary/aromatic N) is 5. The number of rotatable bonds is 6. The highest BCUT2D eigenvalue weighted by Crippen LogP contribution is 2.14. The monoisotopic (exact) mass is 306 g/mol.